The van der Waals surface area contributed by atoms with Gasteiger partial charge in [0.05, 0.1) is 5.52 Å². The van der Waals surface area contributed by atoms with Gasteiger partial charge in [-0.15, -0.1) is 11.3 Å². The van der Waals surface area contributed by atoms with Crippen molar-refractivity contribution in [2.45, 2.75) is 0 Å². The van der Waals surface area contributed by atoms with E-state index in [4.69, 9.17) is 16.6 Å². The van der Waals surface area contributed by atoms with E-state index in [1.165, 1.54) is 11.3 Å². The Morgan fingerprint density at radius 2 is 1.83 bits per heavy atom. The molecule has 0 radical (unpaired) electrons. The summed E-state index contributed by atoms with van der Waals surface area (Å²) in [5, 5.41) is 0.616. The second-order valence-electron chi connectivity index (χ2n) is 6.61. The quantitative estimate of drug-likeness (QED) is 0.428. The minimum Gasteiger partial charge on any atom is -0.331 e. The van der Waals surface area contributed by atoms with E-state index in [-0.39, 0.29) is 5.56 Å². The predicted octanol–water partition coefficient (Wildman–Crippen LogP) is 5.37. The maximum Gasteiger partial charge on any atom is 0.269 e. The number of rotatable bonds is 3. The fourth-order valence-corrected chi connectivity index (χ4v) is 4.78. The van der Waals surface area contributed by atoms with Crippen LogP contribution >= 0.6 is 22.9 Å². The molecule has 5 nitrogen and oxygen atoms in total. The minimum absolute atomic E-state index is 0.187. The Morgan fingerprint density at radius 1 is 1.07 bits per heavy atom. The number of hydrogen-bond acceptors (Lipinski definition) is 4. The van der Waals surface area contributed by atoms with E-state index < -0.39 is 0 Å². The zero-order valence-electron chi connectivity index (χ0n) is 15.4. The molecule has 2 aromatic carbocycles. The van der Waals surface area contributed by atoms with Gasteiger partial charge in [0.15, 0.2) is 11.6 Å². The third-order valence-electron chi connectivity index (χ3n) is 4.76. The van der Waals surface area contributed by atoms with Crippen LogP contribution in [0.25, 0.3) is 43.4 Å². The highest BCUT2D eigenvalue weighted by Crippen LogP contribution is 2.45. The van der Waals surface area contributed by atoms with Gasteiger partial charge in [0.25, 0.3) is 5.56 Å². The summed E-state index contributed by atoms with van der Waals surface area (Å²) >= 11 is 7.98. The van der Waals surface area contributed by atoms with Crippen molar-refractivity contribution in [1.82, 2.24) is 19.5 Å². The van der Waals surface area contributed by atoms with Crippen LogP contribution in [0.1, 0.15) is 0 Å². The summed E-state index contributed by atoms with van der Waals surface area (Å²) in [6.07, 6.45) is 3.50. The highest BCUT2D eigenvalue weighted by molar-refractivity contribution is 7.23. The van der Waals surface area contributed by atoms with Gasteiger partial charge >= 0.3 is 0 Å². The lowest BCUT2D eigenvalue weighted by atomic mass is 10.0. The number of H-pyrrole nitrogens is 1. The van der Waals surface area contributed by atoms with Gasteiger partial charge in [-0.1, -0.05) is 60.1 Å². The molecule has 29 heavy (non-hydrogen) atoms. The predicted molar refractivity (Wildman–Crippen MR) is 118 cm³/mol. The summed E-state index contributed by atoms with van der Waals surface area (Å²) in [4.78, 5) is 25.9. The van der Waals surface area contributed by atoms with Crippen molar-refractivity contribution in [1.29, 1.82) is 0 Å². The van der Waals surface area contributed by atoms with Crippen LogP contribution in [0.2, 0.25) is 5.02 Å². The molecule has 0 aliphatic carbocycles. The van der Waals surface area contributed by atoms with Crippen LogP contribution < -0.4 is 5.56 Å². The summed E-state index contributed by atoms with van der Waals surface area (Å²) in [5.74, 6) is 1.03. The van der Waals surface area contributed by atoms with Gasteiger partial charge in [0.2, 0.25) is 0 Å². The highest BCUT2D eigenvalue weighted by Gasteiger charge is 2.22. The van der Waals surface area contributed by atoms with E-state index in [1.807, 2.05) is 72.4 Å². The third kappa shape index (κ3) is 2.97. The molecule has 0 bridgehead atoms. The van der Waals surface area contributed by atoms with Crippen molar-refractivity contribution >= 4 is 33.2 Å². The first-order valence-electron chi connectivity index (χ1n) is 8.98. The third-order valence-corrected chi connectivity index (χ3v) is 6.31. The van der Waals surface area contributed by atoms with Crippen molar-refractivity contribution in [2.24, 2.45) is 7.05 Å². The van der Waals surface area contributed by atoms with Gasteiger partial charge in [-0.3, -0.25) is 4.79 Å². The minimum atomic E-state index is -0.187. The van der Waals surface area contributed by atoms with Crippen molar-refractivity contribution in [3.05, 3.63) is 82.4 Å². The van der Waals surface area contributed by atoms with Gasteiger partial charge in [-0.05, 0) is 11.6 Å². The van der Waals surface area contributed by atoms with Crippen molar-refractivity contribution in [3.8, 4) is 33.2 Å². The number of aryl methyl sites for hydroxylation is 1. The van der Waals surface area contributed by atoms with Crippen LogP contribution in [0.15, 0.2) is 71.8 Å². The number of aromatic amines is 1. The molecule has 0 aliphatic heterocycles. The van der Waals surface area contributed by atoms with E-state index in [0.717, 1.165) is 21.6 Å². The molecule has 0 saturated carbocycles. The second-order valence-corrected chi connectivity index (χ2v) is 8.03. The Bertz CT molecular complexity index is 1400. The normalized spacial score (nSPS) is 11.2. The molecule has 3 aromatic heterocycles. The first-order valence-corrected chi connectivity index (χ1v) is 10.2. The van der Waals surface area contributed by atoms with E-state index >= 15 is 0 Å². The molecule has 0 unspecified atom stereocenters. The molecule has 5 rings (SSSR count). The Hall–Kier alpha value is -3.22. The topological polar surface area (TPSA) is 63.6 Å². The van der Waals surface area contributed by atoms with E-state index in [0.29, 0.717) is 26.9 Å². The molecule has 142 valence electrons. The number of fused-ring (bicyclic) bond motifs is 1. The fourth-order valence-electron chi connectivity index (χ4n) is 3.39. The molecule has 5 aromatic rings. The first kappa shape index (κ1) is 17.8. The number of nitrogens with one attached hydrogen (secondary N) is 1. The SMILES string of the molecule is Cn1ccnc1-c1nc2c(-c3ccccc3Cl)c(-c3ccccc3)sc2c(=O)[nH]1. The number of benzene rings is 2. The molecule has 7 heteroatoms. The van der Waals surface area contributed by atoms with Crippen molar-refractivity contribution in [2.75, 3.05) is 0 Å². The highest BCUT2D eigenvalue weighted by atomic mass is 35.5. The second kappa shape index (κ2) is 6.99. The van der Waals surface area contributed by atoms with Crippen molar-refractivity contribution in [3.63, 3.8) is 0 Å². The summed E-state index contributed by atoms with van der Waals surface area (Å²) in [7, 11) is 1.87. The molecule has 0 aliphatic rings. The maximum absolute atomic E-state index is 13.0. The summed E-state index contributed by atoms with van der Waals surface area (Å²) in [5.41, 5.74) is 3.17. The molecule has 0 atom stereocenters. The number of imidazole rings is 1. The molecular formula is C22H15ClN4OS. The maximum atomic E-state index is 13.0. The van der Waals surface area contributed by atoms with Gasteiger partial charge in [0, 0.05) is 40.5 Å². The molecular weight excluding hydrogens is 404 g/mol. The van der Waals surface area contributed by atoms with Crippen LogP contribution in [0.4, 0.5) is 0 Å². The van der Waals surface area contributed by atoms with Gasteiger partial charge in [-0.25, -0.2) is 9.97 Å². The first-order chi connectivity index (χ1) is 14.1. The Kier molecular flexibility index (Phi) is 4.30. The number of hydrogen-bond donors (Lipinski definition) is 1. The van der Waals surface area contributed by atoms with Crippen LogP contribution in [0, 0.1) is 0 Å². The van der Waals surface area contributed by atoms with Gasteiger partial charge in [0.1, 0.15) is 4.70 Å². The molecule has 0 fully saturated rings. The number of thiophene rings is 1. The van der Waals surface area contributed by atoms with Crippen LogP contribution in [-0.2, 0) is 7.05 Å². The van der Waals surface area contributed by atoms with E-state index in [9.17, 15) is 4.79 Å². The average Bonchev–Trinajstić information content (AvgIpc) is 3.33. The lowest BCUT2D eigenvalue weighted by molar-refractivity contribution is 0.907. The molecule has 0 saturated heterocycles. The monoisotopic (exact) mass is 418 g/mol. The summed E-state index contributed by atoms with van der Waals surface area (Å²) in [6, 6.07) is 17.6. The molecule has 3 heterocycles. The fraction of sp³-hybridized carbons (Fsp3) is 0.0455. The molecule has 1 N–H and O–H groups in total. The van der Waals surface area contributed by atoms with Gasteiger partial charge < -0.3 is 9.55 Å². The van der Waals surface area contributed by atoms with Crippen LogP contribution in [-0.4, -0.2) is 19.5 Å². The number of aromatic nitrogens is 4. The van der Waals surface area contributed by atoms with Crippen LogP contribution in [0.5, 0.6) is 0 Å². The lowest BCUT2D eigenvalue weighted by Crippen LogP contribution is -2.09. The van der Waals surface area contributed by atoms with E-state index in [2.05, 4.69) is 9.97 Å². The smallest absolute Gasteiger partial charge is 0.269 e. The lowest BCUT2D eigenvalue weighted by Gasteiger charge is -2.08. The Balaban J connectivity index is 1.90. The number of halogens is 1. The summed E-state index contributed by atoms with van der Waals surface area (Å²) < 4.78 is 2.39. The Labute approximate surface area is 175 Å². The van der Waals surface area contributed by atoms with E-state index in [1.54, 1.807) is 6.20 Å². The molecule has 0 amide bonds. The summed E-state index contributed by atoms with van der Waals surface area (Å²) in [6.45, 7) is 0. The van der Waals surface area contributed by atoms with Crippen LogP contribution in [0.3, 0.4) is 0 Å². The average molecular weight is 419 g/mol. The molecule has 0 spiro atoms. The number of nitrogens with zero attached hydrogens (tertiary/aromatic N) is 3. The van der Waals surface area contributed by atoms with Crippen molar-refractivity contribution < 1.29 is 0 Å². The largest absolute Gasteiger partial charge is 0.331 e. The standard InChI is InChI=1S/C22H15ClN4OS/c1-27-12-11-24-21(27)20-25-17-16(14-9-5-6-10-15(14)23)18(13-7-3-2-4-8-13)29-19(17)22(28)26-20/h2-12H,1H3,(H,25,26,28). The zero-order valence-corrected chi connectivity index (χ0v) is 17.0. The Morgan fingerprint density at radius 3 is 2.55 bits per heavy atom. The zero-order chi connectivity index (χ0) is 20.0. The van der Waals surface area contributed by atoms with Gasteiger partial charge in [-0.2, -0.15) is 0 Å².